The fourth-order valence-corrected chi connectivity index (χ4v) is 3.27. The van der Waals surface area contributed by atoms with Crippen LogP contribution in [0.25, 0.3) is 0 Å². The van der Waals surface area contributed by atoms with Gasteiger partial charge in [-0.2, -0.15) is 0 Å². The Morgan fingerprint density at radius 1 is 0.913 bits per heavy atom. The highest BCUT2D eigenvalue weighted by atomic mass is 16.2. The first-order valence-corrected chi connectivity index (χ1v) is 7.88. The predicted molar refractivity (Wildman–Crippen MR) is 90.0 cm³/mol. The number of β-lactam (4-membered cyclic amide) rings is 1. The number of nitrogens with zero attached hydrogens (tertiary/aromatic N) is 1. The molecule has 3 nitrogen and oxygen atoms in total. The van der Waals surface area contributed by atoms with Gasteiger partial charge in [0.1, 0.15) is 5.92 Å². The highest BCUT2D eigenvalue weighted by molar-refractivity contribution is 6.14. The number of ketones is 1. The van der Waals surface area contributed by atoms with E-state index in [1.165, 1.54) is 0 Å². The van der Waals surface area contributed by atoms with Crippen LogP contribution < -0.4 is 0 Å². The van der Waals surface area contributed by atoms with E-state index in [2.05, 4.69) is 0 Å². The number of hydrogen-bond donors (Lipinski definition) is 0. The van der Waals surface area contributed by atoms with Crippen LogP contribution in [-0.2, 0) is 4.79 Å². The summed E-state index contributed by atoms with van der Waals surface area (Å²) >= 11 is 0. The highest BCUT2D eigenvalue weighted by Crippen LogP contribution is 2.45. The van der Waals surface area contributed by atoms with Gasteiger partial charge in [-0.3, -0.25) is 9.59 Å². The minimum atomic E-state index is -0.626. The third kappa shape index (κ3) is 2.67. The molecule has 1 fully saturated rings. The molecule has 0 saturated carbocycles. The molecule has 0 unspecified atom stereocenters. The number of amides is 1. The number of carbonyl (C=O) groups is 2. The molecule has 118 valence electrons. The van der Waals surface area contributed by atoms with Crippen LogP contribution in [0.5, 0.6) is 0 Å². The quantitative estimate of drug-likeness (QED) is 0.490. The first-order valence-electron chi connectivity index (χ1n) is 7.88. The second kappa shape index (κ2) is 5.65. The zero-order chi connectivity index (χ0) is 16.6. The topological polar surface area (TPSA) is 37.4 Å². The molecule has 1 amide bonds. The van der Waals surface area contributed by atoms with Gasteiger partial charge < -0.3 is 4.90 Å². The molecule has 3 rings (SSSR count). The summed E-state index contributed by atoms with van der Waals surface area (Å²) in [6, 6.07) is 18.7. The van der Waals surface area contributed by atoms with Crippen LogP contribution in [0.3, 0.4) is 0 Å². The van der Waals surface area contributed by atoms with Crippen molar-refractivity contribution in [3.8, 4) is 0 Å². The Morgan fingerprint density at radius 3 is 1.96 bits per heavy atom. The minimum absolute atomic E-state index is 0.0831. The summed E-state index contributed by atoms with van der Waals surface area (Å²) in [5, 5.41) is 0. The van der Waals surface area contributed by atoms with E-state index in [1.807, 2.05) is 74.2 Å². The van der Waals surface area contributed by atoms with Crippen molar-refractivity contribution in [3.05, 3.63) is 71.8 Å². The maximum atomic E-state index is 12.8. The van der Waals surface area contributed by atoms with Crippen molar-refractivity contribution in [2.75, 3.05) is 0 Å². The average molecular weight is 307 g/mol. The zero-order valence-electron chi connectivity index (χ0n) is 13.7. The number of carbonyl (C=O) groups excluding carboxylic acids is 2. The van der Waals surface area contributed by atoms with Crippen LogP contribution in [0.1, 0.15) is 42.7 Å². The Hall–Kier alpha value is -2.42. The number of rotatable bonds is 3. The zero-order valence-corrected chi connectivity index (χ0v) is 13.7. The van der Waals surface area contributed by atoms with E-state index >= 15 is 0 Å². The van der Waals surface area contributed by atoms with Crippen LogP contribution in [0.15, 0.2) is 60.7 Å². The Balaban J connectivity index is 1.99. The molecule has 0 N–H and O–H groups in total. The average Bonchev–Trinajstić information content (AvgIpc) is 2.52. The second-order valence-electron chi connectivity index (χ2n) is 6.94. The van der Waals surface area contributed by atoms with Gasteiger partial charge in [0.15, 0.2) is 5.78 Å². The lowest BCUT2D eigenvalue weighted by Crippen LogP contribution is -2.64. The molecular formula is C20H21NO2. The van der Waals surface area contributed by atoms with Gasteiger partial charge in [0.05, 0.1) is 6.04 Å². The van der Waals surface area contributed by atoms with Crippen LogP contribution in [0.4, 0.5) is 0 Å². The fourth-order valence-electron chi connectivity index (χ4n) is 3.27. The summed E-state index contributed by atoms with van der Waals surface area (Å²) in [4.78, 5) is 27.4. The third-order valence-electron chi connectivity index (χ3n) is 4.30. The van der Waals surface area contributed by atoms with Gasteiger partial charge in [0, 0.05) is 11.1 Å². The van der Waals surface area contributed by atoms with E-state index < -0.39 is 5.92 Å². The molecule has 1 aliphatic rings. The lowest BCUT2D eigenvalue weighted by molar-refractivity contribution is -0.162. The summed E-state index contributed by atoms with van der Waals surface area (Å²) in [5.74, 6) is -0.802. The third-order valence-corrected chi connectivity index (χ3v) is 4.30. The summed E-state index contributed by atoms with van der Waals surface area (Å²) in [5.41, 5.74) is 1.29. The Morgan fingerprint density at radius 2 is 1.43 bits per heavy atom. The molecule has 1 aliphatic heterocycles. The van der Waals surface area contributed by atoms with Crippen molar-refractivity contribution < 1.29 is 9.59 Å². The largest absolute Gasteiger partial charge is 0.329 e. The molecule has 2 aromatic carbocycles. The van der Waals surface area contributed by atoms with E-state index in [1.54, 1.807) is 12.1 Å². The molecule has 0 aromatic heterocycles. The van der Waals surface area contributed by atoms with E-state index in [0.29, 0.717) is 5.56 Å². The molecule has 3 heteroatoms. The van der Waals surface area contributed by atoms with Gasteiger partial charge in [-0.1, -0.05) is 60.7 Å². The van der Waals surface area contributed by atoms with Gasteiger partial charge in [-0.25, -0.2) is 0 Å². The smallest absolute Gasteiger partial charge is 0.237 e. The predicted octanol–water partition coefficient (Wildman–Crippen LogP) is 3.87. The molecule has 23 heavy (non-hydrogen) atoms. The van der Waals surface area contributed by atoms with Crippen molar-refractivity contribution >= 4 is 11.7 Å². The standard InChI is InChI=1S/C20H21NO2/c1-20(2,3)21-17(14-10-6-4-7-11-14)16(19(21)23)18(22)15-12-8-5-9-13-15/h4-13,16-17H,1-3H3/t16-,17+/m1/s1. The molecule has 1 saturated heterocycles. The maximum absolute atomic E-state index is 12.8. The minimum Gasteiger partial charge on any atom is -0.329 e. The maximum Gasteiger partial charge on any atom is 0.237 e. The van der Waals surface area contributed by atoms with Crippen LogP contribution in [-0.4, -0.2) is 22.1 Å². The molecule has 0 bridgehead atoms. The van der Waals surface area contributed by atoms with Gasteiger partial charge in [-0.15, -0.1) is 0 Å². The molecule has 2 atom stereocenters. The van der Waals surface area contributed by atoms with Crippen molar-refractivity contribution in [3.63, 3.8) is 0 Å². The van der Waals surface area contributed by atoms with Crippen LogP contribution in [0.2, 0.25) is 0 Å². The lowest BCUT2D eigenvalue weighted by Gasteiger charge is -2.53. The SMILES string of the molecule is CC(C)(C)N1C(=O)[C@@H](C(=O)c2ccccc2)[C@@H]1c1ccccc1. The molecule has 0 aliphatic carbocycles. The van der Waals surface area contributed by atoms with E-state index in [0.717, 1.165) is 5.56 Å². The first kappa shape index (κ1) is 15.5. The lowest BCUT2D eigenvalue weighted by atomic mass is 9.75. The van der Waals surface area contributed by atoms with E-state index in [9.17, 15) is 9.59 Å². The van der Waals surface area contributed by atoms with Gasteiger partial charge in [-0.05, 0) is 26.3 Å². The van der Waals surface area contributed by atoms with Crippen LogP contribution >= 0.6 is 0 Å². The van der Waals surface area contributed by atoms with Gasteiger partial charge in [0.25, 0.3) is 0 Å². The van der Waals surface area contributed by atoms with E-state index in [-0.39, 0.29) is 23.3 Å². The normalized spacial score (nSPS) is 21.0. The summed E-state index contributed by atoms with van der Waals surface area (Å²) in [6.07, 6.45) is 0. The van der Waals surface area contributed by atoms with Crippen molar-refractivity contribution in [2.45, 2.75) is 32.4 Å². The van der Waals surface area contributed by atoms with E-state index in [4.69, 9.17) is 0 Å². The summed E-state index contributed by atoms with van der Waals surface area (Å²) < 4.78 is 0. The van der Waals surface area contributed by atoms with Crippen LogP contribution in [0, 0.1) is 5.92 Å². The number of likely N-dealkylation sites (tertiary alicyclic amines) is 1. The second-order valence-corrected chi connectivity index (χ2v) is 6.94. The van der Waals surface area contributed by atoms with Gasteiger partial charge >= 0.3 is 0 Å². The summed E-state index contributed by atoms with van der Waals surface area (Å²) in [7, 11) is 0. The van der Waals surface area contributed by atoms with Crippen molar-refractivity contribution in [1.82, 2.24) is 4.90 Å². The molecule has 0 spiro atoms. The molecule has 2 aromatic rings. The first-order chi connectivity index (χ1) is 10.9. The molecular weight excluding hydrogens is 286 g/mol. The number of hydrogen-bond acceptors (Lipinski definition) is 2. The Bertz CT molecular complexity index is 716. The Kier molecular flexibility index (Phi) is 3.80. The number of benzene rings is 2. The highest BCUT2D eigenvalue weighted by Gasteiger charge is 2.55. The number of Topliss-reactive ketones (excluding diaryl/α,β-unsaturated/α-hetero) is 1. The van der Waals surface area contributed by atoms with Crippen molar-refractivity contribution in [2.24, 2.45) is 5.92 Å². The molecule has 1 heterocycles. The van der Waals surface area contributed by atoms with Gasteiger partial charge in [0.2, 0.25) is 5.91 Å². The molecule has 0 radical (unpaired) electrons. The fraction of sp³-hybridized carbons (Fsp3) is 0.300. The summed E-state index contributed by atoms with van der Waals surface area (Å²) in [6.45, 7) is 6.01. The Labute approximate surface area is 136 Å². The van der Waals surface area contributed by atoms with Crippen molar-refractivity contribution in [1.29, 1.82) is 0 Å². The monoisotopic (exact) mass is 307 g/mol.